The first-order valence-corrected chi connectivity index (χ1v) is 14.1. The molecule has 11 nitrogen and oxygen atoms in total. The average molecular weight is 610 g/mol. The van der Waals surface area contributed by atoms with Gasteiger partial charge in [-0.1, -0.05) is 6.07 Å². The standard InChI is InChI=1S/C33H28FN5O6/c1-32(31(35)42)17-45-28-22(32)16-25(39-27(28)18-5-7-21(34)8-6-18)33(2,43)10-9-24(40)20-14-19-4-3-11-36-26(19)23(15-20)38-29(41)30-37-12-13-44-30/h3-8,11-16,43H,9-10,17H2,1-2H3,(H2,35,42)(H,38,41)/t32-,33-/m0/s1. The summed E-state index contributed by atoms with van der Waals surface area (Å²) in [4.78, 5) is 51.5. The fourth-order valence-electron chi connectivity index (χ4n) is 5.26. The van der Waals surface area contributed by atoms with Crippen LogP contribution in [0.3, 0.4) is 0 Å². The Morgan fingerprint density at radius 1 is 1.11 bits per heavy atom. The van der Waals surface area contributed by atoms with E-state index in [1.54, 1.807) is 37.4 Å². The predicted octanol–water partition coefficient (Wildman–Crippen LogP) is 4.68. The van der Waals surface area contributed by atoms with Crippen LogP contribution in [0.5, 0.6) is 5.75 Å². The molecule has 0 radical (unpaired) electrons. The van der Waals surface area contributed by atoms with Gasteiger partial charge in [0.25, 0.3) is 5.89 Å². The van der Waals surface area contributed by atoms with Crippen molar-refractivity contribution >= 4 is 34.2 Å². The predicted molar refractivity (Wildman–Crippen MR) is 161 cm³/mol. The van der Waals surface area contributed by atoms with Crippen molar-refractivity contribution in [2.75, 3.05) is 11.9 Å². The lowest BCUT2D eigenvalue weighted by molar-refractivity contribution is -0.123. The number of pyridine rings is 2. The van der Waals surface area contributed by atoms with E-state index in [0.29, 0.717) is 39.2 Å². The van der Waals surface area contributed by atoms with E-state index in [1.165, 1.54) is 49.7 Å². The van der Waals surface area contributed by atoms with Gasteiger partial charge in [0.05, 0.1) is 23.1 Å². The van der Waals surface area contributed by atoms with E-state index < -0.39 is 28.6 Å². The SMILES string of the molecule is C[C@](O)(CCC(=O)c1cc(NC(=O)c2ncco2)c2ncccc2c1)c1cc2c(c(-c3ccc(F)cc3)n1)OC[C@]2(C)C(N)=O. The molecule has 0 saturated carbocycles. The number of nitrogens with zero attached hydrogens (tertiary/aromatic N) is 3. The Morgan fingerprint density at radius 3 is 2.60 bits per heavy atom. The number of carbonyl (C=O) groups excluding carboxylic acids is 3. The minimum Gasteiger partial charge on any atom is -0.489 e. The summed E-state index contributed by atoms with van der Waals surface area (Å²) >= 11 is 0. The number of nitrogens with one attached hydrogen (secondary N) is 1. The summed E-state index contributed by atoms with van der Waals surface area (Å²) in [6.07, 6.45) is 4.05. The van der Waals surface area contributed by atoms with Crippen molar-refractivity contribution in [2.45, 2.75) is 37.7 Å². The summed E-state index contributed by atoms with van der Waals surface area (Å²) < 4.78 is 24.7. The van der Waals surface area contributed by atoms with Crippen LogP contribution in [0, 0.1) is 5.82 Å². The number of anilines is 1. The molecule has 0 saturated heterocycles. The maximum Gasteiger partial charge on any atom is 0.311 e. The number of aromatic nitrogens is 3. The van der Waals surface area contributed by atoms with Crippen LogP contribution < -0.4 is 15.8 Å². The summed E-state index contributed by atoms with van der Waals surface area (Å²) in [5.74, 6) is -1.79. The number of ketones is 1. The number of halogens is 1. The van der Waals surface area contributed by atoms with E-state index in [2.05, 4.69) is 20.3 Å². The zero-order chi connectivity index (χ0) is 31.9. The van der Waals surface area contributed by atoms with Gasteiger partial charge in [-0.25, -0.2) is 14.4 Å². The van der Waals surface area contributed by atoms with Gasteiger partial charge in [0, 0.05) is 34.7 Å². The third-order valence-corrected chi connectivity index (χ3v) is 8.03. The molecule has 3 aromatic heterocycles. The van der Waals surface area contributed by atoms with Crippen LogP contribution in [0.25, 0.3) is 22.2 Å². The number of Topliss-reactive ketones (excluding diaryl/α,β-unsaturated/α-hetero) is 1. The molecule has 5 aromatic rings. The van der Waals surface area contributed by atoms with E-state index in [1.807, 2.05) is 0 Å². The van der Waals surface area contributed by atoms with E-state index in [-0.39, 0.29) is 42.4 Å². The number of hydrogen-bond acceptors (Lipinski definition) is 9. The third-order valence-electron chi connectivity index (χ3n) is 8.03. The van der Waals surface area contributed by atoms with E-state index in [4.69, 9.17) is 14.9 Å². The molecule has 12 heteroatoms. The fraction of sp³-hybridized carbons (Fsp3) is 0.212. The summed E-state index contributed by atoms with van der Waals surface area (Å²) in [7, 11) is 0. The Balaban J connectivity index is 1.31. The van der Waals surface area contributed by atoms with Crippen LogP contribution in [-0.2, 0) is 15.8 Å². The van der Waals surface area contributed by atoms with Crippen LogP contribution in [0.1, 0.15) is 59.0 Å². The average Bonchev–Trinajstić information content (AvgIpc) is 3.69. The van der Waals surface area contributed by atoms with Gasteiger partial charge in [-0.2, -0.15) is 0 Å². The molecule has 4 N–H and O–H groups in total. The Labute approximate surface area is 256 Å². The number of aliphatic hydroxyl groups is 1. The number of ether oxygens (including phenoxy) is 1. The second kappa shape index (κ2) is 11.2. The Hall–Kier alpha value is -5.49. The van der Waals surface area contributed by atoms with Gasteiger partial charge in [-0.15, -0.1) is 0 Å². The van der Waals surface area contributed by atoms with E-state index >= 15 is 0 Å². The topological polar surface area (TPSA) is 171 Å². The van der Waals surface area contributed by atoms with E-state index in [0.717, 1.165) is 0 Å². The van der Waals surface area contributed by atoms with Gasteiger partial charge in [0.2, 0.25) is 5.91 Å². The summed E-state index contributed by atoms with van der Waals surface area (Å²) in [5.41, 5.74) is 5.43. The van der Waals surface area contributed by atoms with Gasteiger partial charge < -0.3 is 25.3 Å². The minimum absolute atomic E-state index is 0.0245. The minimum atomic E-state index is -1.64. The molecule has 0 spiro atoms. The number of benzene rings is 2. The van der Waals surface area contributed by atoms with Crippen molar-refractivity contribution < 1.29 is 33.0 Å². The summed E-state index contributed by atoms with van der Waals surface area (Å²) in [6, 6.07) is 13.8. The lowest BCUT2D eigenvalue weighted by Gasteiger charge is -2.26. The quantitative estimate of drug-likeness (QED) is 0.201. The lowest BCUT2D eigenvalue weighted by Crippen LogP contribution is -2.40. The summed E-state index contributed by atoms with van der Waals surface area (Å²) in [5, 5.41) is 15.0. The molecule has 45 heavy (non-hydrogen) atoms. The monoisotopic (exact) mass is 609 g/mol. The van der Waals surface area contributed by atoms with Gasteiger partial charge in [-0.3, -0.25) is 19.4 Å². The van der Waals surface area contributed by atoms with Gasteiger partial charge in [0.15, 0.2) is 5.78 Å². The van der Waals surface area contributed by atoms with Crippen LogP contribution in [0.15, 0.2) is 77.7 Å². The molecule has 0 unspecified atom stereocenters. The molecule has 6 rings (SSSR count). The molecule has 2 atom stereocenters. The highest BCUT2D eigenvalue weighted by Gasteiger charge is 2.45. The summed E-state index contributed by atoms with van der Waals surface area (Å²) in [6.45, 7) is 3.14. The molecule has 2 amide bonds. The number of oxazole rings is 1. The first-order chi connectivity index (χ1) is 21.5. The largest absolute Gasteiger partial charge is 0.489 e. The smallest absolute Gasteiger partial charge is 0.311 e. The normalized spacial score (nSPS) is 16.9. The van der Waals surface area contributed by atoms with Gasteiger partial charge >= 0.3 is 5.91 Å². The fourth-order valence-corrected chi connectivity index (χ4v) is 5.26. The molecule has 0 bridgehead atoms. The van der Waals surface area contributed by atoms with Crippen molar-refractivity contribution in [3.05, 3.63) is 102 Å². The number of carbonyl (C=O) groups is 3. The third kappa shape index (κ3) is 5.51. The molecular formula is C33H28FN5O6. The number of amides is 2. The maximum atomic E-state index is 13.7. The van der Waals surface area contributed by atoms with Crippen LogP contribution in [0.2, 0.25) is 0 Å². The van der Waals surface area contributed by atoms with Crippen molar-refractivity contribution in [2.24, 2.45) is 5.73 Å². The molecule has 1 aliphatic rings. The number of fused-ring (bicyclic) bond motifs is 2. The Bertz CT molecular complexity index is 1960. The van der Waals surface area contributed by atoms with Crippen molar-refractivity contribution in [3.63, 3.8) is 0 Å². The maximum absolute atomic E-state index is 13.7. The number of primary amides is 1. The molecule has 2 aromatic carbocycles. The van der Waals surface area contributed by atoms with Crippen molar-refractivity contribution in [3.8, 4) is 17.0 Å². The second-order valence-corrected chi connectivity index (χ2v) is 11.3. The molecule has 4 heterocycles. The zero-order valence-corrected chi connectivity index (χ0v) is 24.3. The first kappa shape index (κ1) is 29.6. The molecule has 228 valence electrons. The molecule has 0 fully saturated rings. The lowest BCUT2D eigenvalue weighted by atomic mass is 9.81. The number of rotatable bonds is 9. The zero-order valence-electron chi connectivity index (χ0n) is 24.3. The molecule has 0 aliphatic carbocycles. The first-order valence-electron chi connectivity index (χ1n) is 14.1. The Morgan fingerprint density at radius 2 is 1.89 bits per heavy atom. The van der Waals surface area contributed by atoms with Crippen LogP contribution >= 0.6 is 0 Å². The van der Waals surface area contributed by atoms with Crippen LogP contribution in [-0.4, -0.2) is 44.3 Å². The number of hydrogen-bond donors (Lipinski definition) is 3. The van der Waals surface area contributed by atoms with Crippen molar-refractivity contribution in [1.82, 2.24) is 15.0 Å². The highest BCUT2D eigenvalue weighted by molar-refractivity contribution is 6.09. The number of nitrogens with two attached hydrogens (primary N) is 1. The molecule has 1 aliphatic heterocycles. The second-order valence-electron chi connectivity index (χ2n) is 11.3. The highest BCUT2D eigenvalue weighted by Crippen LogP contribution is 2.46. The van der Waals surface area contributed by atoms with Gasteiger partial charge in [0.1, 0.15) is 41.1 Å². The van der Waals surface area contributed by atoms with Crippen molar-refractivity contribution in [1.29, 1.82) is 0 Å². The Kier molecular flexibility index (Phi) is 7.37. The van der Waals surface area contributed by atoms with E-state index in [9.17, 15) is 23.9 Å². The van der Waals surface area contributed by atoms with Gasteiger partial charge in [-0.05, 0) is 68.8 Å². The molecular weight excluding hydrogens is 581 g/mol. The van der Waals surface area contributed by atoms with Crippen LogP contribution in [0.4, 0.5) is 10.1 Å². The highest BCUT2D eigenvalue weighted by atomic mass is 19.1.